The second-order valence-corrected chi connectivity index (χ2v) is 4.06. The second-order valence-electron chi connectivity index (χ2n) is 4.06. The van der Waals surface area contributed by atoms with Crippen molar-refractivity contribution in [2.24, 2.45) is 0 Å². The van der Waals surface area contributed by atoms with Gasteiger partial charge in [0.05, 0.1) is 11.5 Å². The molecule has 102 valence electrons. The highest BCUT2D eigenvalue weighted by atomic mass is 16.6. The molecule has 0 spiro atoms. The summed E-state index contributed by atoms with van der Waals surface area (Å²) < 4.78 is 4.99. The van der Waals surface area contributed by atoms with Crippen LogP contribution in [0.1, 0.15) is 31.7 Å². The maximum absolute atomic E-state index is 11.3. The normalized spacial score (nSPS) is 10.6. The first kappa shape index (κ1) is 14.9. The molecule has 1 rings (SSSR count). The Hall–Kier alpha value is -2.17. The predicted octanol–water partition coefficient (Wildman–Crippen LogP) is 3.34. The fourth-order valence-corrected chi connectivity index (χ4v) is 1.44. The summed E-state index contributed by atoms with van der Waals surface area (Å²) in [6.45, 7) is 2.51. The van der Waals surface area contributed by atoms with Crippen molar-refractivity contribution in [2.45, 2.75) is 26.2 Å². The van der Waals surface area contributed by atoms with Gasteiger partial charge in [0.1, 0.15) is 0 Å². The Bertz CT molecular complexity index is 451. The Morgan fingerprint density at radius 1 is 1.32 bits per heavy atom. The summed E-state index contributed by atoms with van der Waals surface area (Å²) >= 11 is 0. The van der Waals surface area contributed by atoms with Gasteiger partial charge in [-0.1, -0.05) is 19.8 Å². The summed E-state index contributed by atoms with van der Waals surface area (Å²) in [4.78, 5) is 21.3. The molecule has 0 radical (unpaired) electrons. The van der Waals surface area contributed by atoms with Gasteiger partial charge in [-0.2, -0.15) is 0 Å². The quantitative estimate of drug-likeness (QED) is 0.249. The molecule has 0 unspecified atom stereocenters. The molecule has 5 nitrogen and oxygen atoms in total. The van der Waals surface area contributed by atoms with Crippen molar-refractivity contribution in [3.8, 4) is 0 Å². The highest BCUT2D eigenvalue weighted by Crippen LogP contribution is 2.12. The molecule has 1 aromatic carbocycles. The third-order valence-electron chi connectivity index (χ3n) is 2.51. The largest absolute Gasteiger partial charge is 0.463 e. The fourth-order valence-electron chi connectivity index (χ4n) is 1.44. The Morgan fingerprint density at radius 3 is 2.58 bits per heavy atom. The first-order valence-electron chi connectivity index (χ1n) is 6.22. The van der Waals surface area contributed by atoms with E-state index in [2.05, 4.69) is 6.92 Å². The topological polar surface area (TPSA) is 69.4 Å². The van der Waals surface area contributed by atoms with Gasteiger partial charge in [-0.15, -0.1) is 0 Å². The van der Waals surface area contributed by atoms with E-state index in [0.717, 1.165) is 24.8 Å². The van der Waals surface area contributed by atoms with Gasteiger partial charge in [-0.25, -0.2) is 4.79 Å². The number of carbonyl (C=O) groups is 1. The molecule has 0 heterocycles. The number of non-ortho nitro benzene ring substituents is 1. The van der Waals surface area contributed by atoms with E-state index in [1.165, 1.54) is 18.2 Å². The molecule has 19 heavy (non-hydrogen) atoms. The summed E-state index contributed by atoms with van der Waals surface area (Å²) in [6.07, 6.45) is 5.89. The van der Waals surface area contributed by atoms with Gasteiger partial charge in [0.15, 0.2) is 0 Å². The molecule has 0 saturated heterocycles. The molecule has 1 aromatic rings. The zero-order chi connectivity index (χ0) is 14.1. The first-order chi connectivity index (χ1) is 9.13. The number of hydrogen-bond donors (Lipinski definition) is 0. The molecule has 0 fully saturated rings. The molecule has 5 heteroatoms. The van der Waals surface area contributed by atoms with Crippen molar-refractivity contribution in [3.63, 3.8) is 0 Å². The minimum atomic E-state index is -0.463. The lowest BCUT2D eigenvalue weighted by molar-refractivity contribution is -0.384. The number of ether oxygens (including phenoxy) is 1. The molecular weight excluding hydrogens is 246 g/mol. The predicted molar refractivity (Wildman–Crippen MR) is 72.6 cm³/mol. The molecule has 0 aliphatic heterocycles. The molecule has 0 N–H and O–H groups in total. The molecule has 0 aliphatic carbocycles. The average Bonchev–Trinajstić information content (AvgIpc) is 2.42. The van der Waals surface area contributed by atoms with Crippen LogP contribution in [0.4, 0.5) is 5.69 Å². The number of nitrogens with zero attached hydrogens (tertiary/aromatic N) is 1. The summed E-state index contributed by atoms with van der Waals surface area (Å²) in [5.74, 6) is -0.394. The number of nitro groups is 1. The molecular formula is C14H17NO4. The minimum Gasteiger partial charge on any atom is -0.463 e. The number of unbranched alkanes of at least 4 members (excludes halogenated alkanes) is 2. The number of carbonyl (C=O) groups excluding carboxylic acids is 1. The number of hydrogen-bond acceptors (Lipinski definition) is 4. The highest BCUT2D eigenvalue weighted by molar-refractivity contribution is 5.87. The molecule has 0 aromatic heterocycles. The molecule has 0 atom stereocenters. The van der Waals surface area contributed by atoms with E-state index in [1.807, 2.05) is 0 Å². The standard InChI is InChI=1S/C14H17NO4/c1-2-3-4-11-19-14(16)10-7-12-5-8-13(9-6-12)15(17)18/h5-10H,2-4,11H2,1H3. The summed E-state index contributed by atoms with van der Waals surface area (Å²) in [6, 6.07) is 5.95. The van der Waals surface area contributed by atoms with Crippen molar-refractivity contribution in [3.05, 3.63) is 46.0 Å². The van der Waals surface area contributed by atoms with Crippen molar-refractivity contribution >= 4 is 17.7 Å². The van der Waals surface area contributed by atoms with Gasteiger partial charge < -0.3 is 4.74 Å². The maximum atomic E-state index is 11.3. The van der Waals surface area contributed by atoms with Gasteiger partial charge in [0.25, 0.3) is 5.69 Å². The lowest BCUT2D eigenvalue weighted by Gasteiger charge is -2.00. The van der Waals surface area contributed by atoms with Crippen LogP contribution in [-0.2, 0) is 9.53 Å². The summed E-state index contributed by atoms with van der Waals surface area (Å²) in [5, 5.41) is 10.5. The minimum absolute atomic E-state index is 0.0271. The van der Waals surface area contributed by atoms with Crippen LogP contribution >= 0.6 is 0 Å². The highest BCUT2D eigenvalue weighted by Gasteiger charge is 2.02. The lowest BCUT2D eigenvalue weighted by Crippen LogP contribution is -2.01. The van der Waals surface area contributed by atoms with Crippen molar-refractivity contribution in [2.75, 3.05) is 6.61 Å². The second kappa shape index (κ2) is 8.02. The van der Waals surface area contributed by atoms with E-state index < -0.39 is 10.9 Å². The third-order valence-corrected chi connectivity index (χ3v) is 2.51. The molecule has 0 saturated carbocycles. The third kappa shape index (κ3) is 5.81. The van der Waals surface area contributed by atoms with Gasteiger partial charge in [0.2, 0.25) is 0 Å². The van der Waals surface area contributed by atoms with Crippen LogP contribution in [0.5, 0.6) is 0 Å². The molecule has 0 bridgehead atoms. The number of rotatable bonds is 7. The van der Waals surface area contributed by atoms with E-state index in [-0.39, 0.29) is 5.69 Å². The number of esters is 1. The van der Waals surface area contributed by atoms with E-state index in [4.69, 9.17) is 4.74 Å². The first-order valence-corrected chi connectivity index (χ1v) is 6.22. The van der Waals surface area contributed by atoms with E-state index in [1.54, 1.807) is 18.2 Å². The van der Waals surface area contributed by atoms with Crippen LogP contribution in [0.25, 0.3) is 6.08 Å². The number of nitro benzene ring substituents is 1. The van der Waals surface area contributed by atoms with Crippen LogP contribution in [-0.4, -0.2) is 17.5 Å². The van der Waals surface area contributed by atoms with Crippen molar-refractivity contribution in [1.82, 2.24) is 0 Å². The average molecular weight is 263 g/mol. The van der Waals surface area contributed by atoms with Crippen LogP contribution < -0.4 is 0 Å². The zero-order valence-electron chi connectivity index (χ0n) is 10.9. The Balaban J connectivity index is 2.43. The molecule has 0 aliphatic rings. The number of benzene rings is 1. The van der Waals surface area contributed by atoms with Gasteiger partial charge in [-0.3, -0.25) is 10.1 Å². The summed E-state index contributed by atoms with van der Waals surface area (Å²) in [7, 11) is 0. The van der Waals surface area contributed by atoms with Crippen LogP contribution in [0.3, 0.4) is 0 Å². The fraction of sp³-hybridized carbons (Fsp3) is 0.357. The van der Waals surface area contributed by atoms with E-state index in [0.29, 0.717) is 6.61 Å². The van der Waals surface area contributed by atoms with Gasteiger partial charge in [0, 0.05) is 18.2 Å². The van der Waals surface area contributed by atoms with Gasteiger partial charge >= 0.3 is 5.97 Å². The van der Waals surface area contributed by atoms with Crippen LogP contribution in [0.2, 0.25) is 0 Å². The Labute approximate surface area is 112 Å². The van der Waals surface area contributed by atoms with Crippen molar-refractivity contribution in [1.29, 1.82) is 0 Å². The van der Waals surface area contributed by atoms with Gasteiger partial charge in [-0.05, 0) is 30.2 Å². The van der Waals surface area contributed by atoms with Crippen molar-refractivity contribution < 1.29 is 14.5 Å². The lowest BCUT2D eigenvalue weighted by atomic mass is 10.2. The summed E-state index contributed by atoms with van der Waals surface area (Å²) in [5.41, 5.74) is 0.746. The maximum Gasteiger partial charge on any atom is 0.330 e. The zero-order valence-corrected chi connectivity index (χ0v) is 10.9. The van der Waals surface area contributed by atoms with E-state index in [9.17, 15) is 14.9 Å². The van der Waals surface area contributed by atoms with Crippen LogP contribution in [0, 0.1) is 10.1 Å². The van der Waals surface area contributed by atoms with E-state index >= 15 is 0 Å². The van der Waals surface area contributed by atoms with Crippen LogP contribution in [0.15, 0.2) is 30.3 Å². The smallest absolute Gasteiger partial charge is 0.330 e. The molecule has 0 amide bonds. The Kier molecular flexibility index (Phi) is 6.29. The Morgan fingerprint density at radius 2 is 2.00 bits per heavy atom. The SMILES string of the molecule is CCCCCOC(=O)C=Cc1ccc([N+](=O)[O-])cc1. The monoisotopic (exact) mass is 263 g/mol.